The zero-order valence-electron chi connectivity index (χ0n) is 18.6. The number of thioether (sulfide) groups is 1. The van der Waals surface area contributed by atoms with Gasteiger partial charge in [0.05, 0.1) is 5.39 Å². The first-order valence-corrected chi connectivity index (χ1v) is 13.0. The number of aromatic nitrogens is 2. The minimum absolute atomic E-state index is 0.134. The molecule has 5 heteroatoms. The lowest BCUT2D eigenvalue weighted by Gasteiger charge is -2.33. The number of nitrogens with zero attached hydrogens (tertiary/aromatic N) is 2. The molecule has 1 aliphatic rings. The molecule has 0 aliphatic heterocycles. The van der Waals surface area contributed by atoms with Gasteiger partial charge >= 0.3 is 0 Å². The van der Waals surface area contributed by atoms with Crippen molar-refractivity contribution in [2.45, 2.75) is 90.8 Å². The third kappa shape index (κ3) is 5.16. The summed E-state index contributed by atoms with van der Waals surface area (Å²) in [4.78, 5) is 20.7. The Hall–Kier alpha value is -1.07. The quantitative estimate of drug-likeness (QED) is 0.188. The molecule has 29 heavy (non-hydrogen) atoms. The molecule has 0 spiro atoms. The second kappa shape index (κ2) is 9.82. The van der Waals surface area contributed by atoms with Crippen LogP contribution in [0.4, 0.5) is 0 Å². The van der Waals surface area contributed by atoms with Crippen molar-refractivity contribution in [1.29, 1.82) is 0 Å². The van der Waals surface area contributed by atoms with Crippen molar-refractivity contribution in [3.05, 3.63) is 33.4 Å². The van der Waals surface area contributed by atoms with Crippen LogP contribution < -0.4 is 5.56 Å². The van der Waals surface area contributed by atoms with E-state index in [1.54, 1.807) is 23.1 Å². The van der Waals surface area contributed by atoms with E-state index in [0.29, 0.717) is 17.9 Å². The zero-order valence-corrected chi connectivity index (χ0v) is 20.2. The summed E-state index contributed by atoms with van der Waals surface area (Å²) in [5.74, 6) is 1.70. The lowest BCUT2D eigenvalue weighted by atomic mass is 9.72. The molecule has 2 aromatic heterocycles. The molecule has 0 saturated carbocycles. The molecule has 1 atom stereocenters. The number of hydrogen-bond donors (Lipinski definition) is 0. The fourth-order valence-electron chi connectivity index (χ4n) is 4.25. The molecule has 1 aliphatic carbocycles. The fourth-order valence-corrected chi connectivity index (χ4v) is 6.60. The summed E-state index contributed by atoms with van der Waals surface area (Å²) >= 11 is 3.50. The van der Waals surface area contributed by atoms with Crippen LogP contribution in [0.3, 0.4) is 0 Å². The van der Waals surface area contributed by atoms with Gasteiger partial charge in [-0.25, -0.2) is 4.98 Å². The van der Waals surface area contributed by atoms with Crippen molar-refractivity contribution in [3.63, 3.8) is 0 Å². The first-order valence-electron chi connectivity index (χ1n) is 11.2. The van der Waals surface area contributed by atoms with Gasteiger partial charge in [0, 0.05) is 17.2 Å². The Morgan fingerprint density at radius 2 is 2.03 bits per heavy atom. The molecule has 0 radical (unpaired) electrons. The van der Waals surface area contributed by atoms with Crippen molar-refractivity contribution in [1.82, 2.24) is 9.55 Å². The minimum atomic E-state index is 0.134. The Morgan fingerprint density at radius 3 is 2.72 bits per heavy atom. The summed E-state index contributed by atoms with van der Waals surface area (Å²) in [6.07, 6.45) is 11.4. The molecule has 0 aromatic carbocycles. The Labute approximate surface area is 184 Å². The van der Waals surface area contributed by atoms with Gasteiger partial charge < -0.3 is 0 Å². The number of rotatable bonds is 9. The monoisotopic (exact) mass is 432 g/mol. The molecule has 0 fully saturated rings. The Bertz CT molecular complexity index is 904. The van der Waals surface area contributed by atoms with Crippen molar-refractivity contribution in [2.24, 2.45) is 11.3 Å². The summed E-state index contributed by atoms with van der Waals surface area (Å²) < 4.78 is 1.84. The molecule has 2 aromatic rings. The van der Waals surface area contributed by atoms with Crippen molar-refractivity contribution >= 4 is 33.3 Å². The van der Waals surface area contributed by atoms with E-state index >= 15 is 0 Å². The number of fused-ring (bicyclic) bond motifs is 3. The summed E-state index contributed by atoms with van der Waals surface area (Å²) in [7, 11) is 0. The van der Waals surface area contributed by atoms with E-state index in [-0.39, 0.29) is 5.56 Å². The predicted octanol–water partition coefficient (Wildman–Crippen LogP) is 6.86. The number of hydrogen-bond acceptors (Lipinski definition) is 4. The third-order valence-corrected chi connectivity index (χ3v) is 8.36. The van der Waals surface area contributed by atoms with Gasteiger partial charge in [-0.05, 0) is 42.6 Å². The van der Waals surface area contributed by atoms with E-state index in [2.05, 4.69) is 34.3 Å². The maximum absolute atomic E-state index is 13.4. The average Bonchev–Trinajstić information content (AvgIpc) is 3.04. The van der Waals surface area contributed by atoms with E-state index < -0.39 is 0 Å². The maximum Gasteiger partial charge on any atom is 0.263 e. The molecule has 0 unspecified atom stereocenters. The van der Waals surface area contributed by atoms with Crippen LogP contribution in [-0.2, 0) is 19.4 Å². The number of aryl methyl sites for hydroxylation is 1. The van der Waals surface area contributed by atoms with E-state index in [1.807, 2.05) is 10.6 Å². The SMILES string of the molecule is C=CCn1c(SCCCCCCC)nc2sc3c(c2c1=O)CC[C@H](C(C)(C)C)C3. The summed E-state index contributed by atoms with van der Waals surface area (Å²) in [5.41, 5.74) is 1.72. The highest BCUT2D eigenvalue weighted by atomic mass is 32.2. The molecular weight excluding hydrogens is 396 g/mol. The normalized spacial score (nSPS) is 16.9. The zero-order chi connectivity index (χ0) is 21.0. The maximum atomic E-state index is 13.4. The third-order valence-electron chi connectivity index (χ3n) is 6.15. The van der Waals surface area contributed by atoms with Gasteiger partial charge in [0.2, 0.25) is 0 Å². The lowest BCUT2D eigenvalue weighted by Crippen LogP contribution is -2.27. The van der Waals surface area contributed by atoms with E-state index in [0.717, 1.165) is 40.4 Å². The van der Waals surface area contributed by atoms with E-state index in [4.69, 9.17) is 4.98 Å². The van der Waals surface area contributed by atoms with Crippen LogP contribution in [0.5, 0.6) is 0 Å². The summed E-state index contributed by atoms with van der Waals surface area (Å²) in [6, 6.07) is 0. The molecular formula is C24H36N2OS2. The highest BCUT2D eigenvalue weighted by Gasteiger charge is 2.32. The van der Waals surface area contributed by atoms with Gasteiger partial charge in [-0.15, -0.1) is 17.9 Å². The fraction of sp³-hybridized carbons (Fsp3) is 0.667. The number of thiophene rings is 1. The smallest absolute Gasteiger partial charge is 0.263 e. The highest BCUT2D eigenvalue weighted by Crippen LogP contribution is 2.42. The Morgan fingerprint density at radius 1 is 1.28 bits per heavy atom. The Kier molecular flexibility index (Phi) is 7.66. The van der Waals surface area contributed by atoms with Crippen molar-refractivity contribution in [2.75, 3.05) is 5.75 Å². The standard InChI is InChI=1S/C24H36N2OS2/c1-6-8-9-10-11-15-28-23-25-21-20(22(27)26(23)14-7-2)18-13-12-17(24(3,4)5)16-19(18)29-21/h7,17H,2,6,8-16H2,1,3-5H3/t17-/m0/s1. The molecule has 0 bridgehead atoms. The van der Waals surface area contributed by atoms with Crippen LogP contribution >= 0.6 is 23.1 Å². The van der Waals surface area contributed by atoms with Crippen LogP contribution in [0.2, 0.25) is 0 Å². The molecule has 0 amide bonds. The summed E-state index contributed by atoms with van der Waals surface area (Å²) in [6.45, 7) is 13.6. The van der Waals surface area contributed by atoms with Gasteiger partial charge in [-0.1, -0.05) is 71.2 Å². The first kappa shape index (κ1) is 22.6. The van der Waals surface area contributed by atoms with Crippen molar-refractivity contribution < 1.29 is 0 Å². The van der Waals surface area contributed by atoms with Gasteiger partial charge in [0.25, 0.3) is 5.56 Å². The highest BCUT2D eigenvalue weighted by molar-refractivity contribution is 7.99. The number of allylic oxidation sites excluding steroid dienone is 1. The topological polar surface area (TPSA) is 34.9 Å². The molecule has 0 saturated heterocycles. The summed E-state index contributed by atoms with van der Waals surface area (Å²) in [5, 5.41) is 1.75. The average molecular weight is 433 g/mol. The van der Waals surface area contributed by atoms with Gasteiger partial charge in [-0.2, -0.15) is 0 Å². The van der Waals surface area contributed by atoms with Crippen LogP contribution in [0.15, 0.2) is 22.6 Å². The number of unbranched alkanes of at least 4 members (excludes halogenated alkanes) is 4. The molecule has 3 nitrogen and oxygen atoms in total. The minimum Gasteiger partial charge on any atom is -0.283 e. The predicted molar refractivity (Wildman–Crippen MR) is 129 cm³/mol. The second-order valence-corrected chi connectivity index (χ2v) is 11.5. The molecule has 0 N–H and O–H groups in total. The van der Waals surface area contributed by atoms with Gasteiger partial charge in [0.1, 0.15) is 4.83 Å². The van der Waals surface area contributed by atoms with Crippen LogP contribution in [0.25, 0.3) is 10.2 Å². The molecule has 2 heterocycles. The van der Waals surface area contributed by atoms with Gasteiger partial charge in [-0.3, -0.25) is 9.36 Å². The van der Waals surface area contributed by atoms with E-state index in [1.165, 1.54) is 42.5 Å². The lowest BCUT2D eigenvalue weighted by molar-refractivity contribution is 0.218. The second-order valence-electron chi connectivity index (χ2n) is 9.35. The van der Waals surface area contributed by atoms with E-state index in [9.17, 15) is 4.79 Å². The molecule has 160 valence electrons. The van der Waals surface area contributed by atoms with Crippen LogP contribution in [0.1, 0.15) is 76.7 Å². The van der Waals surface area contributed by atoms with Gasteiger partial charge in [0.15, 0.2) is 5.16 Å². The first-order chi connectivity index (χ1) is 13.9. The molecule has 3 rings (SSSR count). The van der Waals surface area contributed by atoms with Crippen LogP contribution in [0, 0.1) is 11.3 Å². The Balaban J connectivity index is 1.88. The largest absolute Gasteiger partial charge is 0.283 e. The van der Waals surface area contributed by atoms with Crippen LogP contribution in [-0.4, -0.2) is 15.3 Å². The van der Waals surface area contributed by atoms with Crippen molar-refractivity contribution in [3.8, 4) is 0 Å².